The number of carbonyl (C=O) groups is 1. The predicted molar refractivity (Wildman–Crippen MR) is 44.1 cm³/mol. The Morgan fingerprint density at radius 2 is 1.82 bits per heavy atom. The lowest BCUT2D eigenvalue weighted by Gasteiger charge is -2.23. The average molecular weight is 150 g/mol. The molecule has 2 rings (SSSR count). The molecule has 2 fully saturated rings. The van der Waals surface area contributed by atoms with Gasteiger partial charge < -0.3 is 4.79 Å². The van der Waals surface area contributed by atoms with E-state index in [-0.39, 0.29) is 0 Å². The molecule has 0 aromatic carbocycles. The first-order valence-electron chi connectivity index (χ1n) is 4.44. The molecule has 4 atom stereocenters. The normalized spacial score (nSPS) is 47.6. The lowest BCUT2D eigenvalue weighted by Crippen LogP contribution is -2.21. The third kappa shape index (κ3) is 0.867. The molecule has 1 nitrogen and oxygen atoms in total. The van der Waals surface area contributed by atoms with Gasteiger partial charge in [0.25, 0.3) is 0 Å². The number of hydrogen-bond acceptors (Lipinski definition) is 1. The lowest BCUT2D eigenvalue weighted by atomic mass is 9.80. The SMILES string of the molecule is C=C[C@@H]1[C@@H]2CC[C@H](C2)[C@H]1C=O. The van der Waals surface area contributed by atoms with Crippen molar-refractivity contribution in [1.82, 2.24) is 0 Å². The van der Waals surface area contributed by atoms with Gasteiger partial charge in [-0.3, -0.25) is 0 Å². The Balaban J connectivity index is 2.19. The Labute approximate surface area is 67.5 Å². The minimum absolute atomic E-state index is 0.311. The van der Waals surface area contributed by atoms with Crippen LogP contribution in [0.1, 0.15) is 19.3 Å². The van der Waals surface area contributed by atoms with Crippen molar-refractivity contribution in [3.8, 4) is 0 Å². The average Bonchev–Trinajstić information content (AvgIpc) is 2.60. The van der Waals surface area contributed by atoms with Crippen LogP contribution in [0.4, 0.5) is 0 Å². The molecule has 60 valence electrons. The van der Waals surface area contributed by atoms with Crippen LogP contribution in [-0.2, 0) is 4.79 Å². The molecule has 2 bridgehead atoms. The van der Waals surface area contributed by atoms with E-state index in [1.165, 1.54) is 19.3 Å². The minimum Gasteiger partial charge on any atom is -0.303 e. The fourth-order valence-corrected chi connectivity index (χ4v) is 2.93. The smallest absolute Gasteiger partial charge is 0.123 e. The van der Waals surface area contributed by atoms with E-state index in [0.717, 1.165) is 12.2 Å². The van der Waals surface area contributed by atoms with E-state index in [1.807, 2.05) is 6.08 Å². The molecule has 2 aliphatic rings. The highest BCUT2D eigenvalue weighted by Crippen LogP contribution is 2.51. The Kier molecular flexibility index (Phi) is 1.59. The number of aldehydes is 1. The second-order valence-corrected chi connectivity index (χ2v) is 3.86. The topological polar surface area (TPSA) is 17.1 Å². The van der Waals surface area contributed by atoms with Crippen molar-refractivity contribution in [2.45, 2.75) is 19.3 Å². The highest BCUT2D eigenvalue weighted by molar-refractivity contribution is 5.56. The second-order valence-electron chi connectivity index (χ2n) is 3.86. The zero-order valence-corrected chi connectivity index (χ0v) is 6.70. The van der Waals surface area contributed by atoms with Crippen molar-refractivity contribution in [1.29, 1.82) is 0 Å². The zero-order chi connectivity index (χ0) is 7.84. The number of rotatable bonds is 2. The van der Waals surface area contributed by atoms with Crippen molar-refractivity contribution < 1.29 is 4.79 Å². The molecular weight excluding hydrogens is 136 g/mol. The highest BCUT2D eigenvalue weighted by atomic mass is 16.1. The largest absolute Gasteiger partial charge is 0.303 e. The molecule has 11 heavy (non-hydrogen) atoms. The van der Waals surface area contributed by atoms with Crippen molar-refractivity contribution >= 4 is 6.29 Å². The summed E-state index contributed by atoms with van der Waals surface area (Å²) in [6.45, 7) is 3.80. The van der Waals surface area contributed by atoms with Gasteiger partial charge in [0.15, 0.2) is 0 Å². The highest BCUT2D eigenvalue weighted by Gasteiger charge is 2.45. The van der Waals surface area contributed by atoms with Crippen LogP contribution in [0.5, 0.6) is 0 Å². The van der Waals surface area contributed by atoms with Crippen molar-refractivity contribution in [2.75, 3.05) is 0 Å². The van der Waals surface area contributed by atoms with E-state index in [9.17, 15) is 4.79 Å². The van der Waals surface area contributed by atoms with Crippen molar-refractivity contribution in [2.24, 2.45) is 23.7 Å². The summed E-state index contributed by atoms with van der Waals surface area (Å²) in [4.78, 5) is 10.7. The van der Waals surface area contributed by atoms with Crippen LogP contribution in [0, 0.1) is 23.7 Å². The minimum atomic E-state index is 0.311. The number of hydrogen-bond donors (Lipinski definition) is 0. The molecule has 1 heteroatoms. The Bertz CT molecular complexity index is 165. The van der Waals surface area contributed by atoms with Gasteiger partial charge in [-0.05, 0) is 37.0 Å². The summed E-state index contributed by atoms with van der Waals surface area (Å²) < 4.78 is 0. The van der Waals surface area contributed by atoms with Crippen LogP contribution in [0.25, 0.3) is 0 Å². The molecule has 0 unspecified atom stereocenters. The second kappa shape index (κ2) is 2.47. The van der Waals surface area contributed by atoms with Gasteiger partial charge in [0.1, 0.15) is 6.29 Å². The molecule has 0 saturated heterocycles. The monoisotopic (exact) mass is 150 g/mol. The molecule has 0 aromatic heterocycles. The summed E-state index contributed by atoms with van der Waals surface area (Å²) >= 11 is 0. The predicted octanol–water partition coefficient (Wildman–Crippen LogP) is 2.03. The van der Waals surface area contributed by atoms with Crippen molar-refractivity contribution in [3.63, 3.8) is 0 Å². The van der Waals surface area contributed by atoms with E-state index in [2.05, 4.69) is 6.58 Å². The van der Waals surface area contributed by atoms with Gasteiger partial charge in [0, 0.05) is 5.92 Å². The van der Waals surface area contributed by atoms with Gasteiger partial charge in [0.2, 0.25) is 0 Å². The molecule has 0 heterocycles. The van der Waals surface area contributed by atoms with Crippen LogP contribution in [0.15, 0.2) is 12.7 Å². The summed E-state index contributed by atoms with van der Waals surface area (Å²) in [5, 5.41) is 0. The third-order valence-corrected chi connectivity index (χ3v) is 3.48. The zero-order valence-electron chi connectivity index (χ0n) is 6.70. The van der Waals surface area contributed by atoms with E-state index in [1.54, 1.807) is 0 Å². The van der Waals surface area contributed by atoms with Crippen molar-refractivity contribution in [3.05, 3.63) is 12.7 Å². The quantitative estimate of drug-likeness (QED) is 0.435. The molecule has 0 aliphatic heterocycles. The Morgan fingerprint density at radius 3 is 2.27 bits per heavy atom. The van der Waals surface area contributed by atoms with Crippen LogP contribution in [0.2, 0.25) is 0 Å². The fraction of sp³-hybridized carbons (Fsp3) is 0.700. The molecule has 2 aliphatic carbocycles. The van der Waals surface area contributed by atoms with Gasteiger partial charge in [-0.15, -0.1) is 6.58 Å². The summed E-state index contributed by atoms with van der Waals surface area (Å²) in [5.41, 5.74) is 0. The maximum Gasteiger partial charge on any atom is 0.123 e. The first-order valence-corrected chi connectivity index (χ1v) is 4.44. The van der Waals surface area contributed by atoms with E-state index in [0.29, 0.717) is 17.8 Å². The number of fused-ring (bicyclic) bond motifs is 2. The summed E-state index contributed by atoms with van der Waals surface area (Å²) in [5.74, 6) is 2.30. The van der Waals surface area contributed by atoms with E-state index in [4.69, 9.17) is 0 Å². The molecule has 2 saturated carbocycles. The summed E-state index contributed by atoms with van der Waals surface area (Å²) in [6.07, 6.45) is 7.02. The summed E-state index contributed by atoms with van der Waals surface area (Å²) in [6, 6.07) is 0. The van der Waals surface area contributed by atoms with Crippen LogP contribution in [0.3, 0.4) is 0 Å². The maximum absolute atomic E-state index is 10.7. The van der Waals surface area contributed by atoms with Crippen LogP contribution < -0.4 is 0 Å². The van der Waals surface area contributed by atoms with Gasteiger partial charge in [-0.25, -0.2) is 0 Å². The Morgan fingerprint density at radius 1 is 1.18 bits per heavy atom. The molecule has 0 spiro atoms. The fourth-order valence-electron chi connectivity index (χ4n) is 2.93. The Hall–Kier alpha value is -0.590. The molecule has 0 amide bonds. The number of carbonyl (C=O) groups excluding carboxylic acids is 1. The maximum atomic E-state index is 10.7. The third-order valence-electron chi connectivity index (χ3n) is 3.48. The number of allylic oxidation sites excluding steroid dienone is 1. The first kappa shape index (κ1) is 7.08. The van der Waals surface area contributed by atoms with E-state index >= 15 is 0 Å². The van der Waals surface area contributed by atoms with Crippen LogP contribution in [-0.4, -0.2) is 6.29 Å². The molecule has 0 N–H and O–H groups in total. The van der Waals surface area contributed by atoms with Gasteiger partial charge in [-0.1, -0.05) is 6.08 Å². The first-order chi connectivity index (χ1) is 5.36. The lowest BCUT2D eigenvalue weighted by molar-refractivity contribution is -0.113. The molecule has 0 aromatic rings. The van der Waals surface area contributed by atoms with Gasteiger partial charge >= 0.3 is 0 Å². The standard InChI is InChI=1S/C10H14O/c1-2-9-7-3-4-8(5-7)10(9)6-11/h2,6-10H,1,3-5H2/t7-,8-,9-,10-/m1/s1. The summed E-state index contributed by atoms with van der Waals surface area (Å²) in [7, 11) is 0. The van der Waals surface area contributed by atoms with Gasteiger partial charge in [-0.2, -0.15) is 0 Å². The van der Waals surface area contributed by atoms with Gasteiger partial charge in [0.05, 0.1) is 0 Å². The molecule has 0 radical (unpaired) electrons. The molecular formula is C10H14O. The van der Waals surface area contributed by atoms with Crippen LogP contribution >= 0.6 is 0 Å². The van der Waals surface area contributed by atoms with E-state index < -0.39 is 0 Å².